The Hall–Kier alpha value is -1.96. The first kappa shape index (κ1) is 19.8. The molecule has 27 heavy (non-hydrogen) atoms. The second-order valence-electron chi connectivity index (χ2n) is 7.39. The lowest BCUT2D eigenvalue weighted by Crippen LogP contribution is -2.43. The molecule has 0 aromatic heterocycles. The van der Waals surface area contributed by atoms with Crippen molar-refractivity contribution in [2.24, 2.45) is 5.92 Å². The highest BCUT2D eigenvalue weighted by Crippen LogP contribution is 2.20. The molecule has 2 aliphatic rings. The van der Waals surface area contributed by atoms with Crippen molar-refractivity contribution < 1.29 is 19.4 Å². The molecule has 2 fully saturated rings. The van der Waals surface area contributed by atoms with Crippen LogP contribution in [0.25, 0.3) is 0 Å². The molecule has 3 rings (SSSR count). The minimum atomic E-state index is -0.504. The number of nitrogens with one attached hydrogen (secondary N) is 1. The zero-order valence-electron chi connectivity index (χ0n) is 15.9. The number of morpholine rings is 1. The third kappa shape index (κ3) is 5.51. The summed E-state index contributed by atoms with van der Waals surface area (Å²) in [7, 11) is 0. The SMILES string of the molecule is CC(=O)C1CCCN(CC(O)CNc2ccc(N3CCOCC3=O)cc2)C1. The lowest BCUT2D eigenvalue weighted by molar-refractivity contribution is -0.125. The number of ether oxygens (including phenoxy) is 1. The maximum Gasteiger partial charge on any atom is 0.253 e. The fourth-order valence-corrected chi connectivity index (χ4v) is 3.70. The number of hydrogen-bond acceptors (Lipinski definition) is 6. The molecule has 2 aliphatic heterocycles. The maximum absolute atomic E-state index is 11.9. The van der Waals surface area contributed by atoms with E-state index in [0.29, 0.717) is 26.2 Å². The Morgan fingerprint density at radius 2 is 2.11 bits per heavy atom. The molecule has 1 aromatic carbocycles. The van der Waals surface area contributed by atoms with Gasteiger partial charge in [-0.25, -0.2) is 0 Å². The Labute approximate surface area is 160 Å². The second-order valence-corrected chi connectivity index (χ2v) is 7.39. The van der Waals surface area contributed by atoms with Gasteiger partial charge in [0, 0.05) is 43.5 Å². The third-order valence-corrected chi connectivity index (χ3v) is 5.26. The molecule has 7 nitrogen and oxygen atoms in total. The number of aliphatic hydroxyl groups is 1. The molecule has 0 saturated carbocycles. The third-order valence-electron chi connectivity index (χ3n) is 5.26. The van der Waals surface area contributed by atoms with E-state index in [9.17, 15) is 14.7 Å². The number of aliphatic hydroxyl groups excluding tert-OH is 1. The molecule has 2 N–H and O–H groups in total. The Balaban J connectivity index is 1.45. The second kappa shape index (κ2) is 9.30. The number of hydrogen-bond donors (Lipinski definition) is 2. The largest absolute Gasteiger partial charge is 0.390 e. The number of nitrogens with zero attached hydrogens (tertiary/aromatic N) is 2. The van der Waals surface area contributed by atoms with E-state index in [1.54, 1.807) is 11.8 Å². The smallest absolute Gasteiger partial charge is 0.253 e. The van der Waals surface area contributed by atoms with E-state index in [-0.39, 0.29) is 24.2 Å². The van der Waals surface area contributed by atoms with Crippen LogP contribution in [-0.4, -0.2) is 73.7 Å². The summed E-state index contributed by atoms with van der Waals surface area (Å²) in [6, 6.07) is 7.63. The van der Waals surface area contributed by atoms with Gasteiger partial charge in [0.05, 0.1) is 12.7 Å². The topological polar surface area (TPSA) is 82.1 Å². The van der Waals surface area contributed by atoms with Gasteiger partial charge in [-0.15, -0.1) is 0 Å². The number of ketones is 1. The van der Waals surface area contributed by atoms with Crippen LogP contribution in [0.5, 0.6) is 0 Å². The highest BCUT2D eigenvalue weighted by atomic mass is 16.5. The van der Waals surface area contributed by atoms with E-state index >= 15 is 0 Å². The van der Waals surface area contributed by atoms with Crippen molar-refractivity contribution in [2.45, 2.75) is 25.9 Å². The van der Waals surface area contributed by atoms with Gasteiger partial charge in [-0.1, -0.05) is 0 Å². The minimum absolute atomic E-state index is 0.0252. The maximum atomic E-state index is 11.9. The Kier molecular flexibility index (Phi) is 6.82. The predicted octanol–water partition coefficient (Wildman–Crippen LogP) is 1.12. The van der Waals surface area contributed by atoms with Crippen LogP contribution in [0.4, 0.5) is 11.4 Å². The van der Waals surface area contributed by atoms with E-state index < -0.39 is 6.10 Å². The molecule has 0 bridgehead atoms. The first-order valence-corrected chi connectivity index (χ1v) is 9.66. The summed E-state index contributed by atoms with van der Waals surface area (Å²) in [5, 5.41) is 13.6. The highest BCUT2D eigenvalue weighted by Gasteiger charge is 2.24. The fourth-order valence-electron chi connectivity index (χ4n) is 3.70. The summed E-state index contributed by atoms with van der Waals surface area (Å²) in [5.41, 5.74) is 1.76. The number of rotatable bonds is 7. The van der Waals surface area contributed by atoms with Gasteiger partial charge in [-0.05, 0) is 50.6 Å². The number of β-amino-alcohol motifs (C(OH)–C–C–N with tert-alkyl or cyclic N) is 1. The monoisotopic (exact) mass is 375 g/mol. The average molecular weight is 375 g/mol. The number of anilines is 2. The Morgan fingerprint density at radius 1 is 1.33 bits per heavy atom. The van der Waals surface area contributed by atoms with E-state index in [1.165, 1.54) is 0 Å². The predicted molar refractivity (Wildman–Crippen MR) is 104 cm³/mol. The van der Waals surface area contributed by atoms with Crippen LogP contribution in [-0.2, 0) is 14.3 Å². The first-order valence-electron chi connectivity index (χ1n) is 9.66. The van der Waals surface area contributed by atoms with Gasteiger partial charge in [0.2, 0.25) is 0 Å². The number of amides is 1. The lowest BCUT2D eigenvalue weighted by atomic mass is 9.94. The number of carbonyl (C=O) groups excluding carboxylic acids is 2. The molecule has 1 aromatic rings. The zero-order chi connectivity index (χ0) is 19.2. The summed E-state index contributed by atoms with van der Waals surface area (Å²) in [4.78, 5) is 27.3. The quantitative estimate of drug-likeness (QED) is 0.743. The van der Waals surface area contributed by atoms with Crippen molar-refractivity contribution in [1.82, 2.24) is 4.90 Å². The van der Waals surface area contributed by atoms with Crippen LogP contribution in [0.1, 0.15) is 19.8 Å². The molecule has 2 saturated heterocycles. The van der Waals surface area contributed by atoms with E-state index in [2.05, 4.69) is 10.2 Å². The first-order chi connectivity index (χ1) is 13.0. The summed E-state index contributed by atoms with van der Waals surface area (Å²) < 4.78 is 5.15. The number of Topliss-reactive ketones (excluding diaryl/α,β-unsaturated/α-hetero) is 1. The Morgan fingerprint density at radius 3 is 2.81 bits per heavy atom. The van der Waals surface area contributed by atoms with Gasteiger partial charge in [-0.2, -0.15) is 0 Å². The van der Waals surface area contributed by atoms with Crippen molar-refractivity contribution in [3.63, 3.8) is 0 Å². The van der Waals surface area contributed by atoms with Crippen LogP contribution in [0.3, 0.4) is 0 Å². The minimum Gasteiger partial charge on any atom is -0.390 e. The number of piperidine rings is 1. The van der Waals surface area contributed by atoms with Gasteiger partial charge in [-0.3, -0.25) is 14.5 Å². The van der Waals surface area contributed by atoms with Crippen molar-refractivity contribution in [1.29, 1.82) is 0 Å². The van der Waals surface area contributed by atoms with Crippen LogP contribution < -0.4 is 10.2 Å². The molecule has 7 heteroatoms. The van der Waals surface area contributed by atoms with Gasteiger partial charge in [0.25, 0.3) is 5.91 Å². The van der Waals surface area contributed by atoms with Crippen LogP contribution in [0.2, 0.25) is 0 Å². The molecule has 1 amide bonds. The van der Waals surface area contributed by atoms with Crippen molar-refractivity contribution in [3.05, 3.63) is 24.3 Å². The van der Waals surface area contributed by atoms with Crippen molar-refractivity contribution in [3.8, 4) is 0 Å². The van der Waals surface area contributed by atoms with Gasteiger partial charge >= 0.3 is 0 Å². The summed E-state index contributed by atoms with van der Waals surface area (Å²) >= 11 is 0. The van der Waals surface area contributed by atoms with Crippen LogP contribution in [0, 0.1) is 5.92 Å². The fraction of sp³-hybridized carbons (Fsp3) is 0.600. The molecular formula is C20H29N3O4. The molecule has 0 spiro atoms. The molecule has 0 aliphatic carbocycles. The average Bonchev–Trinajstić information content (AvgIpc) is 2.67. The standard InChI is InChI=1S/C20H29N3O4/c1-15(24)16-3-2-8-22(12-16)13-19(25)11-21-17-4-6-18(7-5-17)23-9-10-27-14-20(23)26/h4-7,16,19,21,25H,2-3,8-14H2,1H3. The summed E-state index contributed by atoms with van der Waals surface area (Å²) in [6.45, 7) is 5.60. The van der Waals surface area contributed by atoms with Gasteiger partial charge in [0.1, 0.15) is 12.4 Å². The molecule has 2 heterocycles. The van der Waals surface area contributed by atoms with Gasteiger partial charge < -0.3 is 20.1 Å². The van der Waals surface area contributed by atoms with Crippen molar-refractivity contribution in [2.75, 3.05) is 56.2 Å². The lowest BCUT2D eigenvalue weighted by Gasteiger charge is -2.32. The normalized spacial score (nSPS) is 22.5. The van der Waals surface area contributed by atoms with Crippen LogP contribution >= 0.6 is 0 Å². The van der Waals surface area contributed by atoms with Gasteiger partial charge in [0.15, 0.2) is 0 Å². The molecule has 0 radical (unpaired) electrons. The Bertz CT molecular complexity index is 649. The highest BCUT2D eigenvalue weighted by molar-refractivity contribution is 5.95. The van der Waals surface area contributed by atoms with E-state index in [4.69, 9.17) is 4.74 Å². The summed E-state index contributed by atoms with van der Waals surface area (Å²) in [5.74, 6) is 0.322. The van der Waals surface area contributed by atoms with Crippen LogP contribution in [0.15, 0.2) is 24.3 Å². The van der Waals surface area contributed by atoms with Crippen molar-refractivity contribution >= 4 is 23.1 Å². The molecule has 2 unspecified atom stereocenters. The molecular weight excluding hydrogens is 346 g/mol. The van der Waals surface area contributed by atoms with E-state index in [0.717, 1.165) is 37.3 Å². The number of carbonyl (C=O) groups is 2. The number of benzene rings is 1. The number of likely N-dealkylation sites (tertiary alicyclic amines) is 1. The molecule has 2 atom stereocenters. The molecule has 148 valence electrons. The zero-order valence-corrected chi connectivity index (χ0v) is 15.9. The summed E-state index contributed by atoms with van der Waals surface area (Å²) in [6.07, 6.45) is 1.46. The van der Waals surface area contributed by atoms with E-state index in [1.807, 2.05) is 24.3 Å².